The van der Waals surface area contributed by atoms with Gasteiger partial charge in [-0.25, -0.2) is 0 Å². The molecular formula is C14H25N5O. The second-order valence-electron chi connectivity index (χ2n) is 5.95. The topological polar surface area (TPSA) is 66.1 Å². The molecule has 2 atom stereocenters. The number of rotatable bonds is 4. The summed E-state index contributed by atoms with van der Waals surface area (Å²) in [6, 6.07) is 0. The first kappa shape index (κ1) is 13.8. The quantitative estimate of drug-likeness (QED) is 0.865. The molecule has 0 saturated carbocycles. The zero-order valence-corrected chi connectivity index (χ0v) is 12.3. The van der Waals surface area contributed by atoms with Crippen LogP contribution >= 0.6 is 0 Å². The molecule has 112 valence electrons. The number of H-pyrrole nitrogens is 1. The second kappa shape index (κ2) is 6.54. The molecule has 1 aromatic rings. The molecule has 2 saturated heterocycles. The maximum absolute atomic E-state index is 5.53. The van der Waals surface area contributed by atoms with Crippen LogP contribution in [0.15, 0.2) is 0 Å². The molecule has 2 aliphatic rings. The van der Waals surface area contributed by atoms with E-state index in [-0.39, 0.29) is 0 Å². The summed E-state index contributed by atoms with van der Waals surface area (Å²) in [7, 11) is 2.02. The number of piperidine rings is 1. The Morgan fingerprint density at radius 3 is 3.15 bits per heavy atom. The highest BCUT2D eigenvalue weighted by Gasteiger charge is 2.24. The third-order valence-electron chi connectivity index (χ3n) is 4.33. The van der Waals surface area contributed by atoms with Crippen molar-refractivity contribution in [3.05, 3.63) is 5.82 Å². The lowest BCUT2D eigenvalue weighted by Gasteiger charge is -2.31. The zero-order chi connectivity index (χ0) is 13.8. The summed E-state index contributed by atoms with van der Waals surface area (Å²) < 4.78 is 5.53. The van der Waals surface area contributed by atoms with Crippen LogP contribution in [-0.2, 0) is 4.74 Å². The van der Waals surface area contributed by atoms with E-state index in [2.05, 4.69) is 20.4 Å². The predicted octanol–water partition coefficient (Wildman–Crippen LogP) is 1.13. The highest BCUT2D eigenvalue weighted by atomic mass is 16.5. The van der Waals surface area contributed by atoms with E-state index < -0.39 is 0 Å². The molecule has 0 aromatic carbocycles. The van der Waals surface area contributed by atoms with Crippen LogP contribution in [0.3, 0.4) is 0 Å². The summed E-state index contributed by atoms with van der Waals surface area (Å²) in [5.74, 6) is 2.96. The number of hydrogen-bond donors (Lipinski definition) is 2. The number of hydrogen-bond acceptors (Lipinski definition) is 5. The van der Waals surface area contributed by atoms with Crippen LogP contribution in [0.2, 0.25) is 0 Å². The third kappa shape index (κ3) is 3.12. The van der Waals surface area contributed by atoms with Crippen LogP contribution in [-0.4, -0.2) is 55.1 Å². The molecule has 0 amide bonds. The first-order valence-electron chi connectivity index (χ1n) is 7.76. The number of ether oxygens (including phenoxy) is 1. The Kier molecular flexibility index (Phi) is 4.52. The van der Waals surface area contributed by atoms with E-state index in [0.29, 0.717) is 11.8 Å². The van der Waals surface area contributed by atoms with Crippen LogP contribution < -0.4 is 10.2 Å². The smallest absolute Gasteiger partial charge is 0.244 e. The van der Waals surface area contributed by atoms with Crippen LogP contribution in [0.4, 0.5) is 5.95 Å². The molecule has 1 aromatic heterocycles. The lowest BCUT2D eigenvalue weighted by Crippen LogP contribution is -2.39. The molecule has 2 N–H and O–H groups in total. The van der Waals surface area contributed by atoms with Crippen LogP contribution in [0.5, 0.6) is 0 Å². The Morgan fingerprint density at radius 1 is 1.40 bits per heavy atom. The molecule has 3 rings (SSSR count). The van der Waals surface area contributed by atoms with Gasteiger partial charge in [0.15, 0.2) is 0 Å². The lowest BCUT2D eigenvalue weighted by atomic mass is 9.98. The lowest BCUT2D eigenvalue weighted by molar-refractivity contribution is 0.0781. The van der Waals surface area contributed by atoms with Crippen molar-refractivity contribution in [1.82, 2.24) is 20.5 Å². The minimum Gasteiger partial charge on any atom is -0.381 e. The van der Waals surface area contributed by atoms with E-state index in [1.54, 1.807) is 0 Å². The molecule has 20 heavy (non-hydrogen) atoms. The summed E-state index contributed by atoms with van der Waals surface area (Å²) in [6.07, 6.45) is 4.79. The summed E-state index contributed by atoms with van der Waals surface area (Å²) in [4.78, 5) is 7.03. The molecule has 3 heterocycles. The van der Waals surface area contributed by atoms with Crippen molar-refractivity contribution >= 4 is 5.95 Å². The normalized spacial score (nSPS) is 27.8. The van der Waals surface area contributed by atoms with E-state index in [9.17, 15) is 0 Å². The standard InChI is InChI=1S/C14H25N5O/c1-15-8-11-4-2-6-19(9-11)14-16-13(17-18-14)12-5-3-7-20-10-12/h11-12,15H,2-10H2,1H3,(H,16,17,18). The molecule has 0 aliphatic carbocycles. The van der Waals surface area contributed by atoms with Crippen molar-refractivity contribution in [2.45, 2.75) is 31.6 Å². The summed E-state index contributed by atoms with van der Waals surface area (Å²) in [5, 5.41) is 10.8. The van der Waals surface area contributed by atoms with Gasteiger partial charge in [-0.15, -0.1) is 5.10 Å². The summed E-state index contributed by atoms with van der Waals surface area (Å²) >= 11 is 0. The van der Waals surface area contributed by atoms with Crippen LogP contribution in [0.25, 0.3) is 0 Å². The van der Waals surface area contributed by atoms with Gasteiger partial charge in [-0.3, -0.25) is 5.10 Å². The molecule has 6 heteroatoms. The van der Waals surface area contributed by atoms with Crippen molar-refractivity contribution in [3.8, 4) is 0 Å². The van der Waals surface area contributed by atoms with Gasteiger partial charge in [-0.05, 0) is 45.2 Å². The maximum Gasteiger partial charge on any atom is 0.244 e. The number of anilines is 1. The SMILES string of the molecule is CNCC1CCCN(c2n[nH]c(C3CCCOC3)n2)C1. The fraction of sp³-hybridized carbons (Fsp3) is 0.857. The molecule has 0 bridgehead atoms. The number of nitrogens with zero attached hydrogens (tertiary/aromatic N) is 3. The molecule has 0 spiro atoms. The monoisotopic (exact) mass is 279 g/mol. The molecule has 6 nitrogen and oxygen atoms in total. The van der Waals surface area contributed by atoms with E-state index in [4.69, 9.17) is 9.72 Å². The van der Waals surface area contributed by atoms with Crippen molar-refractivity contribution in [2.24, 2.45) is 5.92 Å². The molecule has 2 unspecified atom stereocenters. The van der Waals surface area contributed by atoms with E-state index in [1.807, 2.05) is 7.05 Å². The Bertz CT molecular complexity index is 413. The highest BCUT2D eigenvalue weighted by molar-refractivity contribution is 5.30. The van der Waals surface area contributed by atoms with Crippen LogP contribution in [0, 0.1) is 5.92 Å². The van der Waals surface area contributed by atoms with Gasteiger partial charge in [0.05, 0.1) is 6.61 Å². The third-order valence-corrected chi connectivity index (χ3v) is 4.33. The average Bonchev–Trinajstić information content (AvgIpc) is 2.99. The van der Waals surface area contributed by atoms with Crippen molar-refractivity contribution in [3.63, 3.8) is 0 Å². The van der Waals surface area contributed by atoms with Gasteiger partial charge in [0.1, 0.15) is 5.82 Å². The minimum atomic E-state index is 0.392. The molecule has 0 radical (unpaired) electrons. The van der Waals surface area contributed by atoms with Gasteiger partial charge in [0.2, 0.25) is 5.95 Å². The highest BCUT2D eigenvalue weighted by Crippen LogP contribution is 2.25. The fourth-order valence-corrected chi connectivity index (χ4v) is 3.25. The Balaban J connectivity index is 1.63. The Hall–Kier alpha value is -1.14. The first-order valence-corrected chi connectivity index (χ1v) is 7.76. The number of nitrogens with one attached hydrogen (secondary N) is 2. The Labute approximate surface area is 120 Å². The second-order valence-corrected chi connectivity index (χ2v) is 5.95. The fourth-order valence-electron chi connectivity index (χ4n) is 3.25. The van der Waals surface area contributed by atoms with E-state index in [1.165, 1.54) is 12.8 Å². The maximum atomic E-state index is 5.53. The predicted molar refractivity (Wildman–Crippen MR) is 78.0 cm³/mol. The van der Waals surface area contributed by atoms with E-state index >= 15 is 0 Å². The average molecular weight is 279 g/mol. The molecule has 2 fully saturated rings. The Morgan fingerprint density at radius 2 is 2.35 bits per heavy atom. The van der Waals surface area contributed by atoms with Crippen LogP contribution in [0.1, 0.15) is 37.4 Å². The minimum absolute atomic E-state index is 0.392. The summed E-state index contributed by atoms with van der Waals surface area (Å²) in [6.45, 7) is 4.86. The van der Waals surface area contributed by atoms with Crippen molar-refractivity contribution in [1.29, 1.82) is 0 Å². The zero-order valence-electron chi connectivity index (χ0n) is 12.3. The van der Waals surface area contributed by atoms with Gasteiger partial charge < -0.3 is 15.0 Å². The number of aromatic nitrogens is 3. The van der Waals surface area contributed by atoms with E-state index in [0.717, 1.165) is 57.5 Å². The van der Waals surface area contributed by atoms with Gasteiger partial charge >= 0.3 is 0 Å². The van der Waals surface area contributed by atoms with Gasteiger partial charge in [0, 0.05) is 25.6 Å². The van der Waals surface area contributed by atoms with Gasteiger partial charge in [-0.2, -0.15) is 4.98 Å². The van der Waals surface area contributed by atoms with Crippen molar-refractivity contribution < 1.29 is 4.74 Å². The molecular weight excluding hydrogens is 254 g/mol. The largest absolute Gasteiger partial charge is 0.381 e. The molecule has 2 aliphatic heterocycles. The first-order chi connectivity index (χ1) is 9.86. The van der Waals surface area contributed by atoms with Crippen molar-refractivity contribution in [2.75, 3.05) is 44.8 Å². The number of aromatic amines is 1. The summed E-state index contributed by atoms with van der Waals surface area (Å²) in [5.41, 5.74) is 0. The van der Waals surface area contributed by atoms with Gasteiger partial charge in [-0.1, -0.05) is 0 Å². The van der Waals surface area contributed by atoms with Gasteiger partial charge in [0.25, 0.3) is 0 Å².